The third-order valence-electron chi connectivity index (χ3n) is 3.28. The Kier molecular flexibility index (Phi) is 4.27. The summed E-state index contributed by atoms with van der Waals surface area (Å²) < 4.78 is 7.11. The Morgan fingerprint density at radius 2 is 1.87 bits per heavy atom. The normalized spacial score (nSPS) is 11.7. The summed E-state index contributed by atoms with van der Waals surface area (Å²) in [5.74, 6) is 0.634. The highest BCUT2D eigenvalue weighted by atomic mass is 16.5. The summed E-state index contributed by atoms with van der Waals surface area (Å²) in [6.07, 6.45) is 0.742. The number of aliphatic hydroxyl groups excluding tert-OH is 1. The fourth-order valence-electron chi connectivity index (χ4n) is 2.03. The van der Waals surface area contributed by atoms with Crippen LogP contribution in [0.5, 0.6) is 5.75 Å². The van der Waals surface area contributed by atoms with E-state index in [9.17, 15) is 5.11 Å². The first-order valence-corrected chi connectivity index (χ1v) is 6.90. The smallest absolute Gasteiger partial charge is 0.143 e. The van der Waals surface area contributed by atoms with Gasteiger partial charge in [-0.2, -0.15) is 5.26 Å². The topological polar surface area (TPSA) is 96.8 Å². The second-order valence-corrected chi connectivity index (χ2v) is 4.81. The van der Waals surface area contributed by atoms with Crippen LogP contribution in [0.25, 0.3) is 5.69 Å². The number of nitrogens with zero attached hydrogens (tertiary/aromatic N) is 5. The highest BCUT2D eigenvalue weighted by Crippen LogP contribution is 2.18. The molecule has 1 atom stereocenters. The predicted molar refractivity (Wildman–Crippen MR) is 80.8 cm³/mol. The van der Waals surface area contributed by atoms with Crippen molar-refractivity contribution in [3.63, 3.8) is 0 Å². The number of ether oxygens (including phenoxy) is 1. The Hall–Kier alpha value is -3.24. The molecule has 1 aromatic heterocycles. The second kappa shape index (κ2) is 6.68. The molecule has 0 aliphatic heterocycles. The molecule has 0 fully saturated rings. The van der Waals surface area contributed by atoms with Crippen molar-refractivity contribution < 1.29 is 9.84 Å². The predicted octanol–water partition coefficient (Wildman–Crippen LogP) is 1.65. The van der Waals surface area contributed by atoms with Crippen molar-refractivity contribution in [3.8, 4) is 17.5 Å². The van der Waals surface area contributed by atoms with Crippen molar-refractivity contribution in [3.05, 3.63) is 66.0 Å². The lowest BCUT2D eigenvalue weighted by Crippen LogP contribution is -2.09. The SMILES string of the molecule is N#Cc1ccc(C(O)COc2ccc(-n3cnnn3)cc2)cc1. The molecule has 114 valence electrons. The molecule has 2 aromatic carbocycles. The summed E-state index contributed by atoms with van der Waals surface area (Å²) in [7, 11) is 0. The Balaban J connectivity index is 1.60. The minimum absolute atomic E-state index is 0.121. The van der Waals surface area contributed by atoms with Gasteiger partial charge in [0.15, 0.2) is 0 Å². The summed E-state index contributed by atoms with van der Waals surface area (Å²) in [6.45, 7) is 0.121. The maximum Gasteiger partial charge on any atom is 0.143 e. The molecule has 7 heteroatoms. The van der Waals surface area contributed by atoms with Crippen LogP contribution in [0.1, 0.15) is 17.2 Å². The van der Waals surface area contributed by atoms with Gasteiger partial charge in [0, 0.05) is 0 Å². The third-order valence-corrected chi connectivity index (χ3v) is 3.28. The molecular weight excluding hydrogens is 294 g/mol. The molecule has 23 heavy (non-hydrogen) atoms. The number of aromatic nitrogens is 4. The van der Waals surface area contributed by atoms with Crippen LogP contribution < -0.4 is 4.74 Å². The van der Waals surface area contributed by atoms with Crippen LogP contribution in [0.2, 0.25) is 0 Å². The van der Waals surface area contributed by atoms with Gasteiger partial charge in [-0.1, -0.05) is 12.1 Å². The van der Waals surface area contributed by atoms with E-state index in [1.807, 2.05) is 18.2 Å². The van der Waals surface area contributed by atoms with Gasteiger partial charge in [-0.25, -0.2) is 4.68 Å². The molecule has 1 heterocycles. The molecule has 0 aliphatic carbocycles. The number of nitriles is 1. The van der Waals surface area contributed by atoms with Gasteiger partial charge in [-0.05, 0) is 52.4 Å². The molecule has 0 spiro atoms. The van der Waals surface area contributed by atoms with Crippen LogP contribution in [-0.2, 0) is 0 Å². The van der Waals surface area contributed by atoms with Crippen molar-refractivity contribution in [2.24, 2.45) is 0 Å². The van der Waals surface area contributed by atoms with E-state index in [0.29, 0.717) is 16.9 Å². The Morgan fingerprint density at radius 1 is 1.13 bits per heavy atom. The largest absolute Gasteiger partial charge is 0.491 e. The molecule has 0 saturated carbocycles. The zero-order valence-electron chi connectivity index (χ0n) is 12.1. The first-order valence-electron chi connectivity index (χ1n) is 6.90. The maximum atomic E-state index is 10.1. The van der Waals surface area contributed by atoms with E-state index in [0.717, 1.165) is 5.69 Å². The summed E-state index contributed by atoms with van der Waals surface area (Å²) in [5.41, 5.74) is 2.07. The minimum atomic E-state index is -0.762. The average Bonchev–Trinajstić information content (AvgIpc) is 3.15. The molecule has 1 N–H and O–H groups in total. The first kappa shape index (κ1) is 14.7. The van der Waals surface area contributed by atoms with Crippen LogP contribution in [0, 0.1) is 11.3 Å². The highest BCUT2D eigenvalue weighted by Gasteiger charge is 2.09. The quantitative estimate of drug-likeness (QED) is 0.769. The number of hydrogen-bond donors (Lipinski definition) is 1. The first-order chi connectivity index (χ1) is 11.3. The lowest BCUT2D eigenvalue weighted by Gasteiger charge is -2.13. The molecule has 3 rings (SSSR count). The lowest BCUT2D eigenvalue weighted by molar-refractivity contribution is 0.108. The van der Waals surface area contributed by atoms with Crippen LogP contribution in [0.4, 0.5) is 0 Å². The number of hydrogen-bond acceptors (Lipinski definition) is 6. The van der Waals surface area contributed by atoms with E-state index in [1.165, 1.54) is 11.0 Å². The van der Waals surface area contributed by atoms with Crippen LogP contribution >= 0.6 is 0 Å². The summed E-state index contributed by atoms with van der Waals surface area (Å²) in [5, 5.41) is 29.8. The number of benzene rings is 2. The lowest BCUT2D eigenvalue weighted by atomic mass is 10.1. The zero-order valence-corrected chi connectivity index (χ0v) is 12.1. The number of tetrazole rings is 1. The van der Waals surface area contributed by atoms with Crippen molar-refractivity contribution in [1.29, 1.82) is 5.26 Å². The van der Waals surface area contributed by atoms with Gasteiger partial charge in [-0.3, -0.25) is 0 Å². The van der Waals surface area contributed by atoms with Crippen molar-refractivity contribution in [2.75, 3.05) is 6.61 Å². The summed E-state index contributed by atoms with van der Waals surface area (Å²) >= 11 is 0. The molecule has 0 aliphatic rings. The van der Waals surface area contributed by atoms with E-state index in [4.69, 9.17) is 10.00 Å². The standard InChI is InChI=1S/C16H13N5O2/c17-9-12-1-3-13(4-2-12)16(22)10-23-15-7-5-14(6-8-15)21-11-18-19-20-21/h1-8,11,16,22H,10H2. The van der Waals surface area contributed by atoms with Crippen LogP contribution in [0.3, 0.4) is 0 Å². The molecule has 0 bridgehead atoms. The summed E-state index contributed by atoms with van der Waals surface area (Å²) in [6, 6.07) is 16.0. The average molecular weight is 307 g/mol. The van der Waals surface area contributed by atoms with Gasteiger partial charge in [0.05, 0.1) is 17.3 Å². The number of rotatable bonds is 5. The fraction of sp³-hybridized carbons (Fsp3) is 0.125. The van der Waals surface area contributed by atoms with Crippen LogP contribution in [-0.4, -0.2) is 31.9 Å². The molecule has 0 amide bonds. The van der Waals surface area contributed by atoms with E-state index in [-0.39, 0.29) is 6.61 Å². The fourth-order valence-corrected chi connectivity index (χ4v) is 2.03. The molecular formula is C16H13N5O2. The van der Waals surface area contributed by atoms with Gasteiger partial charge in [-0.15, -0.1) is 5.10 Å². The molecule has 7 nitrogen and oxygen atoms in total. The molecule has 3 aromatic rings. The Labute approximate surface area is 132 Å². The molecule has 0 radical (unpaired) electrons. The van der Waals surface area contributed by atoms with Crippen LogP contribution in [0.15, 0.2) is 54.9 Å². The monoisotopic (exact) mass is 307 g/mol. The van der Waals surface area contributed by atoms with Crippen molar-refractivity contribution >= 4 is 0 Å². The van der Waals surface area contributed by atoms with Gasteiger partial charge in [0.2, 0.25) is 0 Å². The third kappa shape index (κ3) is 3.51. The maximum absolute atomic E-state index is 10.1. The van der Waals surface area contributed by atoms with E-state index in [2.05, 4.69) is 15.5 Å². The zero-order chi connectivity index (χ0) is 16.1. The Morgan fingerprint density at radius 3 is 2.48 bits per heavy atom. The second-order valence-electron chi connectivity index (χ2n) is 4.81. The molecule has 0 saturated heterocycles. The Bertz CT molecular complexity index is 792. The van der Waals surface area contributed by atoms with Crippen molar-refractivity contribution in [1.82, 2.24) is 20.2 Å². The molecule has 1 unspecified atom stereocenters. The van der Waals surface area contributed by atoms with Gasteiger partial charge >= 0.3 is 0 Å². The minimum Gasteiger partial charge on any atom is -0.491 e. The number of aliphatic hydroxyl groups is 1. The van der Waals surface area contributed by atoms with Gasteiger partial charge in [0.1, 0.15) is 24.8 Å². The highest BCUT2D eigenvalue weighted by molar-refractivity contribution is 5.36. The summed E-state index contributed by atoms with van der Waals surface area (Å²) in [4.78, 5) is 0. The van der Waals surface area contributed by atoms with Crippen molar-refractivity contribution in [2.45, 2.75) is 6.10 Å². The van der Waals surface area contributed by atoms with E-state index in [1.54, 1.807) is 36.4 Å². The van der Waals surface area contributed by atoms with Gasteiger partial charge < -0.3 is 9.84 Å². The van der Waals surface area contributed by atoms with Gasteiger partial charge in [0.25, 0.3) is 0 Å². The van der Waals surface area contributed by atoms with E-state index >= 15 is 0 Å². The van der Waals surface area contributed by atoms with E-state index < -0.39 is 6.10 Å².